The molecule has 1 amide bonds. The van der Waals surface area contributed by atoms with E-state index >= 15 is 0 Å². The van der Waals surface area contributed by atoms with E-state index in [1.165, 1.54) is 24.0 Å². The minimum absolute atomic E-state index is 0.205. The molecule has 2 rings (SSSR count). The second-order valence-electron chi connectivity index (χ2n) is 4.22. The van der Waals surface area contributed by atoms with Crippen molar-refractivity contribution in [1.29, 1.82) is 0 Å². The molecule has 0 aliphatic carbocycles. The number of anilines is 1. The SMILES string of the molecule is Cc1cc(SCC(=O)Nc2ncc(Cl)cc2Cl)nc(C)n1. The molecule has 0 saturated heterocycles. The second kappa shape index (κ2) is 7.06. The first-order valence-corrected chi connectivity index (χ1v) is 7.74. The summed E-state index contributed by atoms with van der Waals surface area (Å²) >= 11 is 13.0. The highest BCUT2D eigenvalue weighted by atomic mass is 35.5. The number of hydrogen-bond donors (Lipinski definition) is 1. The van der Waals surface area contributed by atoms with Crippen molar-refractivity contribution in [1.82, 2.24) is 15.0 Å². The van der Waals surface area contributed by atoms with Crippen LogP contribution in [0.5, 0.6) is 0 Å². The van der Waals surface area contributed by atoms with E-state index in [0.717, 1.165) is 10.7 Å². The Kier molecular flexibility index (Phi) is 5.39. The highest BCUT2D eigenvalue weighted by molar-refractivity contribution is 7.99. The highest BCUT2D eigenvalue weighted by Crippen LogP contribution is 2.23. The molecule has 0 aliphatic heterocycles. The Bertz CT molecular complexity index is 661. The zero-order valence-electron chi connectivity index (χ0n) is 11.4. The Morgan fingerprint density at radius 1 is 1.29 bits per heavy atom. The summed E-state index contributed by atoms with van der Waals surface area (Å²) in [4.78, 5) is 24.3. The van der Waals surface area contributed by atoms with E-state index in [4.69, 9.17) is 23.2 Å². The Hall–Kier alpha value is -1.37. The van der Waals surface area contributed by atoms with E-state index in [0.29, 0.717) is 21.7 Å². The number of carbonyl (C=O) groups is 1. The van der Waals surface area contributed by atoms with Crippen molar-refractivity contribution in [2.45, 2.75) is 18.9 Å². The summed E-state index contributed by atoms with van der Waals surface area (Å²) in [6.07, 6.45) is 1.42. The van der Waals surface area contributed by atoms with Crippen LogP contribution in [0.25, 0.3) is 0 Å². The van der Waals surface area contributed by atoms with Crippen molar-refractivity contribution < 1.29 is 4.79 Å². The lowest BCUT2D eigenvalue weighted by Crippen LogP contribution is -2.15. The quantitative estimate of drug-likeness (QED) is 0.679. The average molecular weight is 343 g/mol. The van der Waals surface area contributed by atoms with E-state index in [1.807, 2.05) is 19.9 Å². The molecule has 0 fully saturated rings. The van der Waals surface area contributed by atoms with Crippen LogP contribution in [0.2, 0.25) is 10.0 Å². The monoisotopic (exact) mass is 342 g/mol. The standard InChI is InChI=1S/C13H12Cl2N4OS/c1-7-3-12(18-8(2)17-7)21-6-11(20)19-13-10(15)4-9(14)5-16-13/h3-5H,6H2,1-2H3,(H,16,19,20). The maximum Gasteiger partial charge on any atom is 0.235 e. The van der Waals surface area contributed by atoms with Crippen molar-refractivity contribution in [3.63, 3.8) is 0 Å². The number of aryl methyl sites for hydroxylation is 2. The predicted molar refractivity (Wildman–Crippen MR) is 85.1 cm³/mol. The van der Waals surface area contributed by atoms with Gasteiger partial charge in [0.2, 0.25) is 5.91 Å². The van der Waals surface area contributed by atoms with Gasteiger partial charge in [0.05, 0.1) is 15.8 Å². The Morgan fingerprint density at radius 2 is 2.05 bits per heavy atom. The average Bonchev–Trinajstić information content (AvgIpc) is 2.39. The number of pyridine rings is 1. The maximum atomic E-state index is 11.9. The summed E-state index contributed by atoms with van der Waals surface area (Å²) < 4.78 is 0. The third-order valence-corrected chi connectivity index (χ3v) is 3.77. The van der Waals surface area contributed by atoms with Gasteiger partial charge in [0.1, 0.15) is 10.9 Å². The first-order valence-electron chi connectivity index (χ1n) is 6.00. The molecule has 0 saturated carbocycles. The molecule has 1 N–H and O–H groups in total. The van der Waals surface area contributed by atoms with Crippen LogP contribution in [-0.4, -0.2) is 26.6 Å². The maximum absolute atomic E-state index is 11.9. The molecule has 8 heteroatoms. The van der Waals surface area contributed by atoms with Crippen LogP contribution in [-0.2, 0) is 4.79 Å². The fourth-order valence-corrected chi connectivity index (χ4v) is 2.80. The molecule has 0 aromatic carbocycles. The number of nitrogens with zero attached hydrogens (tertiary/aromatic N) is 3. The van der Waals surface area contributed by atoms with Crippen LogP contribution in [0.4, 0.5) is 5.82 Å². The number of halogens is 2. The van der Waals surface area contributed by atoms with Gasteiger partial charge in [0.15, 0.2) is 5.82 Å². The first-order chi connectivity index (χ1) is 9.94. The Balaban J connectivity index is 1.95. The van der Waals surface area contributed by atoms with E-state index in [1.54, 1.807) is 0 Å². The topological polar surface area (TPSA) is 67.8 Å². The predicted octanol–water partition coefficient (Wildman–Crippen LogP) is 3.53. The number of aromatic nitrogens is 3. The first kappa shape index (κ1) is 16.0. The van der Waals surface area contributed by atoms with Crippen LogP contribution >= 0.6 is 35.0 Å². The molecule has 0 bridgehead atoms. The number of nitrogens with one attached hydrogen (secondary N) is 1. The fraction of sp³-hybridized carbons (Fsp3) is 0.231. The molecule has 0 aliphatic rings. The largest absolute Gasteiger partial charge is 0.309 e. The van der Waals surface area contributed by atoms with Gasteiger partial charge in [-0.3, -0.25) is 4.79 Å². The van der Waals surface area contributed by atoms with Crippen molar-refractivity contribution in [3.8, 4) is 0 Å². The number of carbonyl (C=O) groups excluding carboxylic acids is 1. The molecule has 21 heavy (non-hydrogen) atoms. The molecule has 2 heterocycles. The number of amides is 1. The second-order valence-corrected chi connectivity index (χ2v) is 6.05. The summed E-state index contributed by atoms with van der Waals surface area (Å²) in [5.41, 5.74) is 0.868. The summed E-state index contributed by atoms with van der Waals surface area (Å²) in [5, 5.41) is 4.10. The number of rotatable bonds is 4. The lowest BCUT2D eigenvalue weighted by Gasteiger charge is -2.06. The van der Waals surface area contributed by atoms with Gasteiger partial charge in [-0.15, -0.1) is 0 Å². The molecule has 0 unspecified atom stereocenters. The van der Waals surface area contributed by atoms with Crippen LogP contribution < -0.4 is 5.32 Å². The smallest absolute Gasteiger partial charge is 0.235 e. The molecule has 0 spiro atoms. The summed E-state index contributed by atoms with van der Waals surface area (Å²) in [6.45, 7) is 3.70. The highest BCUT2D eigenvalue weighted by Gasteiger charge is 2.09. The zero-order valence-corrected chi connectivity index (χ0v) is 13.7. The number of thioether (sulfide) groups is 1. The normalized spacial score (nSPS) is 10.5. The molecule has 0 radical (unpaired) electrons. The summed E-state index contributed by atoms with van der Waals surface area (Å²) in [5.74, 6) is 0.962. The molecule has 5 nitrogen and oxygen atoms in total. The van der Waals surface area contributed by atoms with Crippen molar-refractivity contribution in [2.75, 3.05) is 11.1 Å². The van der Waals surface area contributed by atoms with Crippen molar-refractivity contribution >= 4 is 46.7 Å². The molecule has 2 aromatic heterocycles. The van der Waals surface area contributed by atoms with E-state index < -0.39 is 0 Å². The van der Waals surface area contributed by atoms with Gasteiger partial charge in [-0.25, -0.2) is 15.0 Å². The lowest BCUT2D eigenvalue weighted by atomic mass is 10.4. The molecular weight excluding hydrogens is 331 g/mol. The molecule has 110 valence electrons. The van der Waals surface area contributed by atoms with Crippen LogP contribution in [0.3, 0.4) is 0 Å². The lowest BCUT2D eigenvalue weighted by molar-refractivity contribution is -0.113. The third kappa shape index (κ3) is 4.84. The van der Waals surface area contributed by atoms with Gasteiger partial charge < -0.3 is 5.32 Å². The molecule has 0 atom stereocenters. The Morgan fingerprint density at radius 3 is 2.71 bits per heavy atom. The van der Waals surface area contributed by atoms with Gasteiger partial charge in [0, 0.05) is 11.9 Å². The van der Waals surface area contributed by atoms with Gasteiger partial charge in [-0.05, 0) is 26.0 Å². The van der Waals surface area contributed by atoms with E-state index in [2.05, 4.69) is 20.3 Å². The van der Waals surface area contributed by atoms with Gasteiger partial charge in [-0.1, -0.05) is 35.0 Å². The van der Waals surface area contributed by atoms with Crippen LogP contribution in [0, 0.1) is 13.8 Å². The van der Waals surface area contributed by atoms with Gasteiger partial charge >= 0.3 is 0 Å². The van der Waals surface area contributed by atoms with Crippen LogP contribution in [0.1, 0.15) is 11.5 Å². The van der Waals surface area contributed by atoms with Crippen LogP contribution in [0.15, 0.2) is 23.4 Å². The summed E-state index contributed by atoms with van der Waals surface area (Å²) in [6, 6.07) is 3.36. The number of hydrogen-bond acceptors (Lipinski definition) is 5. The van der Waals surface area contributed by atoms with Crippen molar-refractivity contribution in [2.24, 2.45) is 0 Å². The van der Waals surface area contributed by atoms with Gasteiger partial charge in [0.25, 0.3) is 0 Å². The van der Waals surface area contributed by atoms with E-state index in [9.17, 15) is 4.79 Å². The Labute approximate surface area is 136 Å². The molecule has 2 aromatic rings. The van der Waals surface area contributed by atoms with E-state index in [-0.39, 0.29) is 11.7 Å². The van der Waals surface area contributed by atoms with Crippen molar-refractivity contribution in [3.05, 3.63) is 39.9 Å². The minimum Gasteiger partial charge on any atom is -0.309 e. The zero-order chi connectivity index (χ0) is 15.4. The van der Waals surface area contributed by atoms with Gasteiger partial charge in [-0.2, -0.15) is 0 Å². The fourth-order valence-electron chi connectivity index (χ4n) is 1.57. The minimum atomic E-state index is -0.217. The third-order valence-electron chi connectivity index (χ3n) is 2.36. The summed E-state index contributed by atoms with van der Waals surface area (Å²) in [7, 11) is 0. The molecular formula is C13H12Cl2N4OS.